The molecule has 0 aliphatic heterocycles. The van der Waals surface area contributed by atoms with Gasteiger partial charge in [-0.15, -0.1) is 0 Å². The van der Waals surface area contributed by atoms with Gasteiger partial charge in [0.2, 0.25) is 5.91 Å². The zero-order valence-corrected chi connectivity index (χ0v) is 16.0. The smallest absolute Gasteiger partial charge is 0.366 e. The molecule has 3 rings (SSSR count). The van der Waals surface area contributed by atoms with E-state index < -0.39 is 17.6 Å². The first-order valence-corrected chi connectivity index (χ1v) is 9.39. The topological polar surface area (TPSA) is 66.9 Å². The van der Waals surface area contributed by atoms with Gasteiger partial charge in [-0.1, -0.05) is 42.5 Å². The van der Waals surface area contributed by atoms with Crippen molar-refractivity contribution in [2.24, 2.45) is 5.73 Å². The maximum atomic E-state index is 12.9. The van der Waals surface area contributed by atoms with Gasteiger partial charge in [0, 0.05) is 11.6 Å². The van der Waals surface area contributed by atoms with Gasteiger partial charge in [-0.05, 0) is 64.9 Å². The number of hydrogen-bond donors (Lipinski definition) is 1. The van der Waals surface area contributed by atoms with Gasteiger partial charge in [0.25, 0.3) is 0 Å². The van der Waals surface area contributed by atoms with Crippen LogP contribution in [-0.2, 0) is 12.6 Å². The Morgan fingerprint density at radius 1 is 1.03 bits per heavy atom. The molecule has 0 unspecified atom stereocenters. The van der Waals surface area contributed by atoms with E-state index in [0.717, 1.165) is 40.5 Å². The fourth-order valence-corrected chi connectivity index (χ4v) is 3.54. The van der Waals surface area contributed by atoms with Crippen molar-refractivity contribution >= 4 is 16.7 Å². The lowest BCUT2D eigenvalue weighted by molar-refractivity contribution is -0.137. The predicted octanol–water partition coefficient (Wildman–Crippen LogP) is 6.03. The van der Waals surface area contributed by atoms with Crippen molar-refractivity contribution in [3.05, 3.63) is 83.4 Å². The highest BCUT2D eigenvalue weighted by Gasteiger charge is 2.30. The molecule has 0 spiro atoms. The molecule has 0 saturated carbocycles. The quantitative estimate of drug-likeness (QED) is 0.400. The summed E-state index contributed by atoms with van der Waals surface area (Å²) in [4.78, 5) is 11.9. The monoisotopic (exact) mass is 408 g/mol. The van der Waals surface area contributed by atoms with Crippen LogP contribution >= 0.6 is 0 Å². The lowest BCUT2D eigenvalue weighted by Crippen LogP contribution is -2.14. The minimum absolute atomic E-state index is 0.427. The van der Waals surface area contributed by atoms with Gasteiger partial charge in [0.15, 0.2) is 0 Å². The van der Waals surface area contributed by atoms with Crippen LogP contribution in [0.4, 0.5) is 13.2 Å². The zero-order chi connectivity index (χ0) is 21.7. The summed E-state index contributed by atoms with van der Waals surface area (Å²) in [7, 11) is 0. The second-order valence-corrected chi connectivity index (χ2v) is 6.86. The molecular formula is C24H19F3N2O. The van der Waals surface area contributed by atoms with E-state index in [2.05, 4.69) is 0 Å². The molecule has 30 heavy (non-hydrogen) atoms. The number of carbonyl (C=O) groups excluding carboxylic acids is 1. The minimum atomic E-state index is -4.39. The molecule has 0 bridgehead atoms. The third-order valence-corrected chi connectivity index (χ3v) is 4.95. The molecule has 0 aromatic heterocycles. The molecule has 0 saturated heterocycles. The van der Waals surface area contributed by atoms with Gasteiger partial charge in [0.05, 0.1) is 11.6 Å². The highest BCUT2D eigenvalue weighted by molar-refractivity contribution is 6.05. The standard InChI is InChI=1S/C24H19F3N2O/c25-24(26,27)17-11-9-16(10-12-17)18-7-5-8-19-20(6-3-1-2-4-15-28)22(23(29)30)14-13-21(18)19/h2,4-5,7-14H,1,3,6H2,(H2,29,30)/b4-2-. The van der Waals surface area contributed by atoms with Crippen LogP contribution < -0.4 is 5.73 Å². The van der Waals surface area contributed by atoms with Crippen molar-refractivity contribution < 1.29 is 18.0 Å². The molecule has 3 nitrogen and oxygen atoms in total. The van der Waals surface area contributed by atoms with Crippen LogP contribution in [0.5, 0.6) is 0 Å². The van der Waals surface area contributed by atoms with Crippen LogP contribution in [0, 0.1) is 11.3 Å². The number of fused-ring (bicyclic) bond motifs is 1. The number of halogens is 3. The van der Waals surface area contributed by atoms with E-state index in [0.29, 0.717) is 24.0 Å². The summed E-state index contributed by atoms with van der Waals surface area (Å²) < 4.78 is 38.6. The average molecular weight is 408 g/mol. The molecule has 2 N–H and O–H groups in total. The molecule has 152 valence electrons. The van der Waals surface area contributed by atoms with Gasteiger partial charge in [-0.25, -0.2) is 0 Å². The molecule has 6 heteroatoms. The first-order chi connectivity index (χ1) is 14.3. The number of carbonyl (C=O) groups is 1. The van der Waals surface area contributed by atoms with Crippen molar-refractivity contribution in [3.8, 4) is 17.2 Å². The van der Waals surface area contributed by atoms with E-state index >= 15 is 0 Å². The molecule has 3 aromatic carbocycles. The highest BCUT2D eigenvalue weighted by atomic mass is 19.4. The summed E-state index contributed by atoms with van der Waals surface area (Å²) in [5.41, 5.74) is 7.53. The number of nitriles is 1. The lowest BCUT2D eigenvalue weighted by Gasteiger charge is -2.14. The van der Waals surface area contributed by atoms with Crippen LogP contribution in [0.3, 0.4) is 0 Å². The van der Waals surface area contributed by atoms with E-state index in [-0.39, 0.29) is 0 Å². The first kappa shape index (κ1) is 21.1. The Morgan fingerprint density at radius 3 is 2.40 bits per heavy atom. The Bertz CT molecular complexity index is 1140. The van der Waals surface area contributed by atoms with Crippen LogP contribution in [0.25, 0.3) is 21.9 Å². The maximum Gasteiger partial charge on any atom is 0.416 e. The summed E-state index contributed by atoms with van der Waals surface area (Å²) in [5, 5.41) is 10.3. The summed E-state index contributed by atoms with van der Waals surface area (Å²) in [6, 6.07) is 16.0. The Morgan fingerprint density at radius 2 is 1.77 bits per heavy atom. The molecule has 1 amide bonds. The summed E-state index contributed by atoms with van der Waals surface area (Å²) in [6.45, 7) is 0. The largest absolute Gasteiger partial charge is 0.416 e. The van der Waals surface area contributed by atoms with Crippen LogP contribution in [-0.4, -0.2) is 5.91 Å². The molecule has 0 atom stereocenters. The van der Waals surface area contributed by atoms with Crippen LogP contribution in [0.15, 0.2) is 66.7 Å². The summed E-state index contributed by atoms with van der Waals surface area (Å²) >= 11 is 0. The normalized spacial score (nSPS) is 11.7. The molecule has 0 heterocycles. The highest BCUT2D eigenvalue weighted by Crippen LogP contribution is 2.35. The van der Waals surface area contributed by atoms with E-state index in [1.807, 2.05) is 24.3 Å². The second-order valence-electron chi connectivity index (χ2n) is 6.86. The SMILES string of the molecule is N#C/C=C\CCCc1c(C(N)=O)ccc2c(-c3ccc(C(F)(F)F)cc3)cccc12. The van der Waals surface area contributed by atoms with Crippen LogP contribution in [0.1, 0.15) is 34.3 Å². The number of aryl methyl sites for hydroxylation is 1. The summed E-state index contributed by atoms with van der Waals surface area (Å²) in [5.74, 6) is -0.528. The second kappa shape index (κ2) is 8.83. The molecule has 3 aromatic rings. The number of alkyl halides is 3. The lowest BCUT2D eigenvalue weighted by atomic mass is 9.90. The zero-order valence-electron chi connectivity index (χ0n) is 16.0. The van der Waals surface area contributed by atoms with E-state index in [9.17, 15) is 18.0 Å². The molecule has 0 radical (unpaired) electrons. The molecule has 0 aliphatic carbocycles. The predicted molar refractivity (Wildman–Crippen MR) is 111 cm³/mol. The molecule has 0 fully saturated rings. The van der Waals surface area contributed by atoms with Gasteiger partial charge in [-0.2, -0.15) is 18.4 Å². The average Bonchev–Trinajstić information content (AvgIpc) is 2.72. The first-order valence-electron chi connectivity index (χ1n) is 9.39. The third kappa shape index (κ3) is 4.52. The van der Waals surface area contributed by atoms with Gasteiger partial charge >= 0.3 is 6.18 Å². The number of unbranched alkanes of at least 4 members (excludes halogenated alkanes) is 1. The Hall–Kier alpha value is -3.59. The Kier molecular flexibility index (Phi) is 6.22. The van der Waals surface area contributed by atoms with Gasteiger partial charge < -0.3 is 5.73 Å². The number of amides is 1. The van der Waals surface area contributed by atoms with E-state index in [4.69, 9.17) is 11.0 Å². The van der Waals surface area contributed by atoms with E-state index in [1.54, 1.807) is 18.2 Å². The number of rotatable bonds is 6. The number of nitrogens with zero attached hydrogens (tertiary/aromatic N) is 1. The minimum Gasteiger partial charge on any atom is -0.366 e. The molecule has 0 aliphatic rings. The van der Waals surface area contributed by atoms with Crippen LogP contribution in [0.2, 0.25) is 0 Å². The number of nitrogens with two attached hydrogens (primary N) is 1. The number of hydrogen-bond acceptors (Lipinski definition) is 2. The fourth-order valence-electron chi connectivity index (χ4n) is 3.54. The third-order valence-electron chi connectivity index (χ3n) is 4.95. The van der Waals surface area contributed by atoms with Crippen molar-refractivity contribution in [2.45, 2.75) is 25.4 Å². The fraction of sp³-hybridized carbons (Fsp3) is 0.167. The number of allylic oxidation sites excluding steroid dienone is 2. The van der Waals surface area contributed by atoms with Gasteiger partial charge in [0.1, 0.15) is 0 Å². The Labute approximate surface area is 172 Å². The van der Waals surface area contributed by atoms with Crippen molar-refractivity contribution in [1.82, 2.24) is 0 Å². The summed E-state index contributed by atoms with van der Waals surface area (Å²) in [6.07, 6.45) is 0.787. The van der Waals surface area contributed by atoms with Crippen molar-refractivity contribution in [2.75, 3.05) is 0 Å². The maximum absolute atomic E-state index is 12.9. The van der Waals surface area contributed by atoms with Crippen molar-refractivity contribution in [3.63, 3.8) is 0 Å². The van der Waals surface area contributed by atoms with Crippen molar-refractivity contribution in [1.29, 1.82) is 5.26 Å². The van der Waals surface area contributed by atoms with Gasteiger partial charge in [-0.3, -0.25) is 4.79 Å². The Balaban J connectivity index is 2.06. The number of benzene rings is 3. The van der Waals surface area contributed by atoms with E-state index in [1.165, 1.54) is 18.2 Å². The molecular weight excluding hydrogens is 389 g/mol. The number of primary amides is 1.